The van der Waals surface area contributed by atoms with Crippen LogP contribution in [0.3, 0.4) is 0 Å². The number of nitrogens with one attached hydrogen (secondary N) is 3. The molecular formula is C14H21N4O4S+. The molecule has 2 amide bonds. The van der Waals surface area contributed by atoms with Gasteiger partial charge in [-0.25, -0.2) is 13.6 Å². The molecule has 0 aromatic heterocycles. The molecule has 1 aliphatic rings. The maximum absolute atomic E-state index is 11.8. The van der Waals surface area contributed by atoms with Gasteiger partial charge < -0.3 is 15.5 Å². The number of piperazine rings is 1. The summed E-state index contributed by atoms with van der Waals surface area (Å²) in [5.41, 5.74) is 0.905. The van der Waals surface area contributed by atoms with Crippen LogP contribution in [0.4, 0.5) is 0 Å². The van der Waals surface area contributed by atoms with Crippen LogP contribution < -0.4 is 20.7 Å². The van der Waals surface area contributed by atoms with Crippen LogP contribution in [-0.2, 0) is 26.0 Å². The number of carbonyl (C=O) groups excluding carboxylic acids is 2. The second kappa shape index (κ2) is 7.53. The number of hydrogen-bond acceptors (Lipinski definition) is 4. The number of nitrogens with two attached hydrogens (primary N) is 1. The molecule has 0 saturated carbocycles. The van der Waals surface area contributed by atoms with Gasteiger partial charge in [-0.05, 0) is 24.1 Å². The van der Waals surface area contributed by atoms with Crippen molar-refractivity contribution in [1.29, 1.82) is 0 Å². The van der Waals surface area contributed by atoms with Crippen molar-refractivity contribution in [3.63, 3.8) is 0 Å². The molecule has 2 rings (SSSR count). The normalized spacial score (nSPS) is 18.3. The fraction of sp³-hybridized carbons (Fsp3) is 0.429. The van der Waals surface area contributed by atoms with E-state index < -0.39 is 10.0 Å². The predicted octanol–water partition coefficient (Wildman–Crippen LogP) is -2.99. The Bertz CT molecular complexity index is 673. The second-order valence-electron chi connectivity index (χ2n) is 5.49. The second-order valence-corrected chi connectivity index (χ2v) is 7.05. The molecule has 1 fully saturated rings. The summed E-state index contributed by atoms with van der Waals surface area (Å²) >= 11 is 0. The van der Waals surface area contributed by atoms with E-state index in [2.05, 4.69) is 10.6 Å². The van der Waals surface area contributed by atoms with E-state index in [1.165, 1.54) is 12.1 Å². The molecule has 0 spiro atoms. The van der Waals surface area contributed by atoms with Gasteiger partial charge in [-0.1, -0.05) is 12.1 Å². The Morgan fingerprint density at radius 3 is 2.61 bits per heavy atom. The molecule has 1 heterocycles. The zero-order chi connectivity index (χ0) is 16.9. The van der Waals surface area contributed by atoms with E-state index in [0.29, 0.717) is 26.1 Å². The lowest BCUT2D eigenvalue weighted by Gasteiger charge is -2.22. The van der Waals surface area contributed by atoms with Crippen LogP contribution in [0.25, 0.3) is 0 Å². The number of primary sulfonamides is 1. The fourth-order valence-corrected chi connectivity index (χ4v) is 2.90. The molecule has 1 unspecified atom stereocenters. The summed E-state index contributed by atoms with van der Waals surface area (Å²) in [5, 5.41) is 10.6. The molecule has 1 atom stereocenters. The molecule has 1 aromatic carbocycles. The Hall–Kier alpha value is -1.97. The summed E-state index contributed by atoms with van der Waals surface area (Å²) in [5.74, 6) is -0.134. The van der Waals surface area contributed by atoms with E-state index >= 15 is 0 Å². The topological polar surface area (TPSA) is 123 Å². The van der Waals surface area contributed by atoms with E-state index in [1.807, 2.05) is 0 Å². The van der Waals surface area contributed by atoms with E-state index in [0.717, 1.165) is 17.0 Å². The monoisotopic (exact) mass is 341 g/mol. The Morgan fingerprint density at radius 1 is 1.30 bits per heavy atom. The first-order valence-electron chi connectivity index (χ1n) is 7.33. The Balaban J connectivity index is 1.74. The molecule has 0 bridgehead atoms. The van der Waals surface area contributed by atoms with E-state index in [1.54, 1.807) is 12.1 Å². The van der Waals surface area contributed by atoms with Gasteiger partial charge >= 0.3 is 0 Å². The Labute approximate surface area is 135 Å². The first-order valence-corrected chi connectivity index (χ1v) is 8.88. The third-order valence-electron chi connectivity index (χ3n) is 3.61. The van der Waals surface area contributed by atoms with E-state index in [-0.39, 0.29) is 23.3 Å². The maximum Gasteiger partial charge on any atom is 0.275 e. The van der Waals surface area contributed by atoms with Crippen molar-refractivity contribution in [3.8, 4) is 0 Å². The van der Waals surface area contributed by atoms with Crippen LogP contribution in [0.5, 0.6) is 0 Å². The summed E-state index contributed by atoms with van der Waals surface area (Å²) in [6.45, 7) is 2.39. The molecule has 1 saturated heterocycles. The molecule has 0 aliphatic carbocycles. The summed E-state index contributed by atoms with van der Waals surface area (Å²) in [6, 6.07) is 6.24. The molecule has 9 heteroatoms. The standard InChI is InChI=1S/C14H20N4O4S/c15-23(21,22)12-3-1-11(2-4-12)5-6-16-13(19)9-18-8-7-17-14(20)10-18/h1-4H,5-10H2,(H,16,19)(H,17,20)(H2,15,21,22)/p+1. The number of rotatable bonds is 6. The van der Waals surface area contributed by atoms with Gasteiger partial charge in [0, 0.05) is 6.54 Å². The highest BCUT2D eigenvalue weighted by molar-refractivity contribution is 7.89. The van der Waals surface area contributed by atoms with Gasteiger partial charge in [-0.3, -0.25) is 9.59 Å². The van der Waals surface area contributed by atoms with Crippen LogP contribution in [0.15, 0.2) is 29.2 Å². The van der Waals surface area contributed by atoms with Crippen molar-refractivity contribution in [1.82, 2.24) is 10.6 Å². The minimum atomic E-state index is -3.68. The third kappa shape index (κ3) is 5.62. The summed E-state index contributed by atoms with van der Waals surface area (Å²) in [6.07, 6.45) is 0.590. The number of amides is 2. The summed E-state index contributed by atoms with van der Waals surface area (Å²) < 4.78 is 22.3. The minimum absolute atomic E-state index is 0.0333. The van der Waals surface area contributed by atoms with Crippen molar-refractivity contribution in [2.45, 2.75) is 11.3 Å². The van der Waals surface area contributed by atoms with Crippen molar-refractivity contribution in [3.05, 3.63) is 29.8 Å². The van der Waals surface area contributed by atoms with Gasteiger partial charge in [-0.2, -0.15) is 0 Å². The minimum Gasteiger partial charge on any atom is -0.351 e. The maximum atomic E-state index is 11.8. The van der Waals surface area contributed by atoms with Gasteiger partial charge in [0.2, 0.25) is 10.0 Å². The first kappa shape index (κ1) is 17.4. The van der Waals surface area contributed by atoms with Gasteiger partial charge in [-0.15, -0.1) is 0 Å². The van der Waals surface area contributed by atoms with Crippen LogP contribution in [0, 0.1) is 0 Å². The number of benzene rings is 1. The van der Waals surface area contributed by atoms with Gasteiger partial charge in [0.25, 0.3) is 11.8 Å². The van der Waals surface area contributed by atoms with Gasteiger partial charge in [0.15, 0.2) is 13.1 Å². The SMILES string of the molecule is NS(=O)(=O)c1ccc(CCNC(=O)C[NH+]2CCNC(=O)C2)cc1. The summed E-state index contributed by atoms with van der Waals surface area (Å²) in [4.78, 5) is 24.1. The summed E-state index contributed by atoms with van der Waals surface area (Å²) in [7, 11) is -3.68. The Kier molecular flexibility index (Phi) is 5.69. The average molecular weight is 341 g/mol. The van der Waals surface area contributed by atoms with Crippen molar-refractivity contribution in [2.75, 3.05) is 32.7 Å². The van der Waals surface area contributed by atoms with Crippen LogP contribution in [-0.4, -0.2) is 53.0 Å². The predicted molar refractivity (Wildman–Crippen MR) is 83.1 cm³/mol. The smallest absolute Gasteiger partial charge is 0.275 e. The molecule has 8 nitrogen and oxygen atoms in total. The highest BCUT2D eigenvalue weighted by Gasteiger charge is 2.21. The fourth-order valence-electron chi connectivity index (χ4n) is 2.39. The van der Waals surface area contributed by atoms with Crippen LogP contribution in [0.2, 0.25) is 0 Å². The van der Waals surface area contributed by atoms with Crippen LogP contribution in [0.1, 0.15) is 5.56 Å². The molecule has 126 valence electrons. The van der Waals surface area contributed by atoms with Gasteiger partial charge in [0.05, 0.1) is 18.0 Å². The number of sulfonamides is 1. The third-order valence-corrected chi connectivity index (χ3v) is 4.54. The van der Waals surface area contributed by atoms with E-state index in [4.69, 9.17) is 5.14 Å². The van der Waals surface area contributed by atoms with Crippen molar-refractivity contribution < 1.29 is 22.9 Å². The zero-order valence-corrected chi connectivity index (χ0v) is 13.5. The van der Waals surface area contributed by atoms with Crippen molar-refractivity contribution in [2.24, 2.45) is 5.14 Å². The number of hydrogen-bond donors (Lipinski definition) is 4. The largest absolute Gasteiger partial charge is 0.351 e. The molecule has 23 heavy (non-hydrogen) atoms. The van der Waals surface area contributed by atoms with Gasteiger partial charge in [0.1, 0.15) is 0 Å². The van der Waals surface area contributed by atoms with E-state index in [9.17, 15) is 18.0 Å². The molecule has 1 aliphatic heterocycles. The number of quaternary nitrogens is 1. The highest BCUT2D eigenvalue weighted by atomic mass is 32.2. The molecular weight excluding hydrogens is 320 g/mol. The average Bonchev–Trinajstić information content (AvgIpc) is 2.47. The lowest BCUT2D eigenvalue weighted by Crippen LogP contribution is -3.16. The Morgan fingerprint density at radius 2 is 2.00 bits per heavy atom. The molecule has 5 N–H and O–H groups in total. The molecule has 0 radical (unpaired) electrons. The first-order chi connectivity index (χ1) is 10.8. The van der Waals surface area contributed by atoms with Crippen molar-refractivity contribution >= 4 is 21.8 Å². The van der Waals surface area contributed by atoms with Crippen LogP contribution >= 0.6 is 0 Å². The lowest BCUT2D eigenvalue weighted by atomic mass is 10.1. The molecule has 1 aromatic rings. The lowest BCUT2D eigenvalue weighted by molar-refractivity contribution is -0.885. The number of carbonyl (C=O) groups is 2. The highest BCUT2D eigenvalue weighted by Crippen LogP contribution is 2.08. The quantitative estimate of drug-likeness (QED) is 0.440. The zero-order valence-electron chi connectivity index (χ0n) is 12.7.